The molecule has 188 valence electrons. The molecule has 1 saturated heterocycles. The van der Waals surface area contributed by atoms with E-state index in [2.05, 4.69) is 15.3 Å². The van der Waals surface area contributed by atoms with Crippen LogP contribution in [0.15, 0.2) is 30.6 Å². The summed E-state index contributed by atoms with van der Waals surface area (Å²) in [6, 6.07) is 4.55. The van der Waals surface area contributed by atoms with Gasteiger partial charge in [-0.05, 0) is 44.0 Å². The highest BCUT2D eigenvalue weighted by molar-refractivity contribution is 7.93. The average Bonchev–Trinajstić information content (AvgIpc) is 3.07. The van der Waals surface area contributed by atoms with E-state index in [-0.39, 0.29) is 34.6 Å². The van der Waals surface area contributed by atoms with Gasteiger partial charge in [-0.2, -0.15) is 13.2 Å². The van der Waals surface area contributed by atoms with Crippen LogP contribution in [0.4, 0.5) is 13.2 Å². The van der Waals surface area contributed by atoms with Crippen molar-refractivity contribution in [2.24, 2.45) is 0 Å². The number of carbonyl (C=O) groups is 1. The van der Waals surface area contributed by atoms with Crippen molar-refractivity contribution < 1.29 is 35.9 Å². The summed E-state index contributed by atoms with van der Waals surface area (Å²) in [5.41, 5.74) is 0.840. The smallest absolute Gasteiger partial charge is 0.422 e. The molecule has 0 atom stereocenters. The molecule has 0 aromatic carbocycles. The number of halogens is 3. The van der Waals surface area contributed by atoms with Crippen LogP contribution in [-0.2, 0) is 16.3 Å². The molecule has 9 nitrogen and oxygen atoms in total. The fraction of sp³-hybridized carbons (Fsp3) is 0.409. The first-order chi connectivity index (χ1) is 16.3. The van der Waals surface area contributed by atoms with E-state index in [1.807, 2.05) is 6.92 Å². The summed E-state index contributed by atoms with van der Waals surface area (Å²) < 4.78 is 73.3. The lowest BCUT2D eigenvalue weighted by molar-refractivity contribution is -0.153. The van der Waals surface area contributed by atoms with E-state index in [4.69, 9.17) is 9.47 Å². The fourth-order valence-corrected chi connectivity index (χ4v) is 5.87. The van der Waals surface area contributed by atoms with Crippen molar-refractivity contribution in [1.29, 1.82) is 0 Å². The number of hydrogen-bond donors (Lipinski definition) is 1. The number of fused-ring (bicyclic) bond motifs is 1. The molecule has 1 aliphatic rings. The number of ether oxygens (including phenoxy) is 2. The van der Waals surface area contributed by atoms with Gasteiger partial charge in [0.15, 0.2) is 22.2 Å². The molecule has 0 aliphatic carbocycles. The third-order valence-electron chi connectivity index (χ3n) is 5.43. The van der Waals surface area contributed by atoms with E-state index in [1.165, 1.54) is 24.5 Å². The average molecular weight is 513 g/mol. The predicted octanol–water partition coefficient (Wildman–Crippen LogP) is 3.25. The Kier molecular flexibility index (Phi) is 6.16. The quantitative estimate of drug-likeness (QED) is 0.517. The molecule has 13 heteroatoms. The highest BCUT2D eigenvalue weighted by Crippen LogP contribution is 2.32. The summed E-state index contributed by atoms with van der Waals surface area (Å²) in [5.74, 6) is -0.841. The van der Waals surface area contributed by atoms with E-state index in [9.17, 15) is 26.4 Å². The number of pyridine rings is 2. The first-order valence-electron chi connectivity index (χ1n) is 10.7. The maximum absolute atomic E-state index is 12.8. The number of aryl methyl sites for hydroxylation is 2. The fourth-order valence-electron chi connectivity index (χ4n) is 3.87. The molecule has 0 unspecified atom stereocenters. The SMILES string of the molecule is CCc1cnc(Oc2ccc3nc(C(=O)NC4(C)CS(=O)(=O)C4)c(C)n3c2)c(OCC(F)(F)F)c1. The van der Waals surface area contributed by atoms with Gasteiger partial charge in [-0.3, -0.25) is 9.20 Å². The zero-order chi connectivity index (χ0) is 25.6. The molecule has 0 radical (unpaired) electrons. The maximum Gasteiger partial charge on any atom is 0.422 e. The lowest BCUT2D eigenvalue weighted by Crippen LogP contribution is -2.63. The van der Waals surface area contributed by atoms with Crippen molar-refractivity contribution in [3.63, 3.8) is 0 Å². The minimum absolute atomic E-state index is 0.118. The minimum Gasteiger partial charge on any atom is -0.478 e. The summed E-state index contributed by atoms with van der Waals surface area (Å²) in [6.07, 6.45) is -0.969. The molecule has 1 aliphatic heterocycles. The van der Waals surface area contributed by atoms with Crippen LogP contribution in [0, 0.1) is 6.92 Å². The Morgan fingerprint density at radius 3 is 2.63 bits per heavy atom. The molecule has 3 aromatic rings. The van der Waals surface area contributed by atoms with Crippen LogP contribution < -0.4 is 14.8 Å². The number of alkyl halides is 3. The second-order valence-electron chi connectivity index (χ2n) is 8.69. The Labute approximate surface area is 199 Å². The van der Waals surface area contributed by atoms with Crippen LogP contribution in [0.3, 0.4) is 0 Å². The molecule has 0 spiro atoms. The van der Waals surface area contributed by atoms with Gasteiger partial charge in [0.05, 0.1) is 28.9 Å². The van der Waals surface area contributed by atoms with Crippen LogP contribution in [0.2, 0.25) is 0 Å². The second kappa shape index (κ2) is 8.70. The van der Waals surface area contributed by atoms with Crippen molar-refractivity contribution in [1.82, 2.24) is 19.7 Å². The summed E-state index contributed by atoms with van der Waals surface area (Å²) in [5, 5.41) is 2.72. The van der Waals surface area contributed by atoms with E-state index >= 15 is 0 Å². The molecule has 1 N–H and O–H groups in total. The van der Waals surface area contributed by atoms with Gasteiger partial charge >= 0.3 is 6.18 Å². The number of nitrogens with zero attached hydrogens (tertiary/aromatic N) is 3. The van der Waals surface area contributed by atoms with Crippen LogP contribution in [-0.4, -0.2) is 58.5 Å². The molecule has 1 fully saturated rings. The van der Waals surface area contributed by atoms with Crippen molar-refractivity contribution in [3.8, 4) is 17.4 Å². The molecule has 4 rings (SSSR count). The van der Waals surface area contributed by atoms with Gasteiger partial charge in [-0.1, -0.05) is 6.92 Å². The Morgan fingerprint density at radius 1 is 1.29 bits per heavy atom. The van der Waals surface area contributed by atoms with Gasteiger partial charge in [0.1, 0.15) is 17.1 Å². The number of imidazole rings is 1. The molecular formula is C22H23F3N4O5S. The summed E-state index contributed by atoms with van der Waals surface area (Å²) >= 11 is 0. The Hall–Kier alpha value is -3.35. The van der Waals surface area contributed by atoms with Gasteiger partial charge < -0.3 is 14.8 Å². The third kappa shape index (κ3) is 5.50. The summed E-state index contributed by atoms with van der Waals surface area (Å²) in [7, 11) is -3.14. The molecular weight excluding hydrogens is 489 g/mol. The normalized spacial score (nSPS) is 16.5. The molecule has 4 heterocycles. The molecule has 0 saturated carbocycles. The van der Waals surface area contributed by atoms with Gasteiger partial charge in [-0.15, -0.1) is 0 Å². The van der Waals surface area contributed by atoms with Gasteiger partial charge in [-0.25, -0.2) is 18.4 Å². The molecule has 3 aromatic heterocycles. The van der Waals surface area contributed by atoms with Gasteiger partial charge in [0, 0.05) is 6.20 Å². The van der Waals surface area contributed by atoms with Gasteiger partial charge in [0.2, 0.25) is 0 Å². The topological polar surface area (TPSA) is 112 Å². The first-order valence-corrected chi connectivity index (χ1v) is 12.5. The molecule has 0 bridgehead atoms. The van der Waals surface area contributed by atoms with Crippen molar-refractivity contribution in [2.45, 2.75) is 38.9 Å². The highest BCUT2D eigenvalue weighted by atomic mass is 32.2. The van der Waals surface area contributed by atoms with Crippen LogP contribution in [0.25, 0.3) is 5.65 Å². The Morgan fingerprint density at radius 2 is 2.00 bits per heavy atom. The number of carbonyl (C=O) groups excluding carboxylic acids is 1. The zero-order valence-corrected chi connectivity index (χ0v) is 20.0. The Bertz CT molecular complexity index is 1390. The first kappa shape index (κ1) is 24.8. The highest BCUT2D eigenvalue weighted by Gasteiger charge is 2.46. The monoisotopic (exact) mass is 512 g/mol. The standard InChI is InChI=1S/C22H23F3N4O5S/c1-4-14-7-16(33-10-22(23,24)25)20(26-8-14)34-15-5-6-17-27-18(13(2)29(17)9-15)19(30)28-21(3)11-35(31,32)12-21/h5-9H,4,10-12H2,1-3H3,(H,28,30). The van der Waals surface area contributed by atoms with Crippen molar-refractivity contribution >= 4 is 21.4 Å². The lowest BCUT2D eigenvalue weighted by Gasteiger charge is -2.38. The lowest BCUT2D eigenvalue weighted by atomic mass is 10.1. The van der Waals surface area contributed by atoms with Crippen LogP contribution in [0.1, 0.15) is 35.6 Å². The van der Waals surface area contributed by atoms with E-state index in [0.29, 0.717) is 23.3 Å². The van der Waals surface area contributed by atoms with E-state index < -0.39 is 34.1 Å². The second-order valence-corrected chi connectivity index (χ2v) is 10.8. The number of sulfone groups is 1. The Balaban J connectivity index is 1.58. The maximum atomic E-state index is 12.8. The summed E-state index contributed by atoms with van der Waals surface area (Å²) in [4.78, 5) is 21.2. The molecule has 35 heavy (non-hydrogen) atoms. The number of nitrogens with one attached hydrogen (secondary N) is 1. The number of amides is 1. The third-order valence-corrected chi connectivity index (χ3v) is 7.58. The minimum atomic E-state index is -4.52. The number of hydrogen-bond acceptors (Lipinski definition) is 7. The summed E-state index contributed by atoms with van der Waals surface area (Å²) in [6.45, 7) is 3.65. The zero-order valence-electron chi connectivity index (χ0n) is 19.1. The van der Waals surface area contributed by atoms with E-state index in [0.717, 1.165) is 0 Å². The van der Waals surface area contributed by atoms with Crippen LogP contribution >= 0.6 is 0 Å². The largest absolute Gasteiger partial charge is 0.478 e. The number of rotatable bonds is 7. The predicted molar refractivity (Wildman–Crippen MR) is 120 cm³/mol. The van der Waals surface area contributed by atoms with E-state index in [1.54, 1.807) is 24.3 Å². The van der Waals surface area contributed by atoms with Crippen molar-refractivity contribution in [2.75, 3.05) is 18.1 Å². The van der Waals surface area contributed by atoms with Gasteiger partial charge in [0.25, 0.3) is 11.8 Å². The molecule has 1 amide bonds. The van der Waals surface area contributed by atoms with Crippen molar-refractivity contribution in [3.05, 3.63) is 47.5 Å². The van der Waals surface area contributed by atoms with Crippen LogP contribution in [0.5, 0.6) is 17.4 Å². The number of aromatic nitrogens is 3.